The number of ether oxygens (including phenoxy) is 2. The molecule has 4 heterocycles. The van der Waals surface area contributed by atoms with Crippen LogP contribution in [0.15, 0.2) is 0 Å². The van der Waals surface area contributed by atoms with Gasteiger partial charge in [-0.15, -0.1) is 0 Å². The van der Waals surface area contributed by atoms with Crippen LogP contribution in [0.3, 0.4) is 0 Å². The van der Waals surface area contributed by atoms with Crippen LogP contribution in [0.2, 0.25) is 0 Å². The number of morpholine rings is 1. The topological polar surface area (TPSA) is 42.5 Å². The number of nitrogens with one attached hydrogen (secondary N) is 2. The molecule has 0 spiro atoms. The average Bonchev–Trinajstić information content (AvgIpc) is 2.74. The third kappa shape index (κ3) is 1.82. The molecule has 0 radical (unpaired) electrons. The molecule has 0 aromatic heterocycles. The standard InChI is InChI=1S/C13H22N2O2/c1-2-11-13(17-7-10(1)15-11)12-9-3-8(4-14-12)5-16-6-9/h8-15H,1-7H2. The number of rotatable bonds is 1. The molecule has 0 aromatic carbocycles. The van der Waals surface area contributed by atoms with Crippen molar-refractivity contribution in [2.24, 2.45) is 11.8 Å². The second-order valence-electron chi connectivity index (χ2n) is 6.18. The SMILES string of the molecule is C1NC(C2OCC3CCC2N3)C2COCC1C2. The highest BCUT2D eigenvalue weighted by atomic mass is 16.5. The summed E-state index contributed by atoms with van der Waals surface area (Å²) in [5, 5.41) is 7.43. The zero-order valence-corrected chi connectivity index (χ0v) is 10.2. The molecule has 6 unspecified atom stereocenters. The molecule has 2 N–H and O–H groups in total. The maximum absolute atomic E-state index is 6.12. The summed E-state index contributed by atoms with van der Waals surface area (Å²) in [5.41, 5.74) is 0. The van der Waals surface area contributed by atoms with Crippen LogP contribution >= 0.6 is 0 Å². The Morgan fingerprint density at radius 3 is 3.06 bits per heavy atom. The van der Waals surface area contributed by atoms with Crippen LogP contribution in [0.5, 0.6) is 0 Å². The Morgan fingerprint density at radius 1 is 1.06 bits per heavy atom. The molecular formula is C13H22N2O2. The zero-order valence-electron chi connectivity index (χ0n) is 10.2. The summed E-state index contributed by atoms with van der Waals surface area (Å²) in [6, 6.07) is 1.70. The fraction of sp³-hybridized carbons (Fsp3) is 1.00. The van der Waals surface area contributed by atoms with Gasteiger partial charge in [0.2, 0.25) is 0 Å². The highest BCUT2D eigenvalue weighted by Crippen LogP contribution is 2.33. The lowest BCUT2D eigenvalue weighted by atomic mass is 9.79. The van der Waals surface area contributed by atoms with Gasteiger partial charge >= 0.3 is 0 Å². The lowest BCUT2D eigenvalue weighted by Gasteiger charge is -2.46. The fourth-order valence-corrected chi connectivity index (χ4v) is 4.13. The largest absolute Gasteiger partial charge is 0.381 e. The maximum atomic E-state index is 6.12. The summed E-state index contributed by atoms with van der Waals surface area (Å²) < 4.78 is 11.8. The van der Waals surface area contributed by atoms with Crippen molar-refractivity contribution in [2.45, 2.75) is 43.5 Å². The number of piperidine rings is 1. The van der Waals surface area contributed by atoms with Gasteiger partial charge in [0.25, 0.3) is 0 Å². The first-order valence-electron chi connectivity index (χ1n) is 7.09. The Hall–Kier alpha value is -0.160. The summed E-state index contributed by atoms with van der Waals surface area (Å²) in [6.45, 7) is 3.88. The first kappa shape index (κ1) is 10.7. The van der Waals surface area contributed by atoms with Crippen molar-refractivity contribution in [3.63, 3.8) is 0 Å². The molecule has 17 heavy (non-hydrogen) atoms. The van der Waals surface area contributed by atoms with E-state index in [4.69, 9.17) is 9.47 Å². The number of hydrogen-bond donors (Lipinski definition) is 2. The molecular weight excluding hydrogens is 216 g/mol. The zero-order chi connectivity index (χ0) is 11.2. The molecule has 4 heteroatoms. The van der Waals surface area contributed by atoms with Crippen molar-refractivity contribution in [3.8, 4) is 0 Å². The highest BCUT2D eigenvalue weighted by molar-refractivity contribution is 5.02. The van der Waals surface area contributed by atoms with Crippen LogP contribution in [0.4, 0.5) is 0 Å². The maximum Gasteiger partial charge on any atom is 0.0885 e. The van der Waals surface area contributed by atoms with E-state index in [0.29, 0.717) is 30.1 Å². The minimum absolute atomic E-state index is 0.362. The normalized spacial score (nSPS) is 53.6. The predicted octanol–water partition coefficient (Wildman–Crippen LogP) is 0.130. The number of hydrogen-bond acceptors (Lipinski definition) is 4. The summed E-state index contributed by atoms with van der Waals surface area (Å²) >= 11 is 0. The van der Waals surface area contributed by atoms with E-state index in [1.165, 1.54) is 19.3 Å². The van der Waals surface area contributed by atoms with Gasteiger partial charge in [-0.1, -0.05) is 0 Å². The molecule has 4 bridgehead atoms. The van der Waals surface area contributed by atoms with E-state index in [1.54, 1.807) is 0 Å². The first-order chi connectivity index (χ1) is 8.40. The Kier molecular flexibility index (Phi) is 2.65. The summed E-state index contributed by atoms with van der Waals surface area (Å²) in [4.78, 5) is 0. The van der Waals surface area contributed by atoms with Gasteiger partial charge in [0.05, 0.1) is 25.9 Å². The molecule has 4 rings (SSSR count). The molecule has 0 saturated carbocycles. The Balaban J connectivity index is 1.50. The average molecular weight is 238 g/mol. The molecule has 4 saturated heterocycles. The van der Waals surface area contributed by atoms with Gasteiger partial charge in [-0.2, -0.15) is 0 Å². The minimum atomic E-state index is 0.362. The molecule has 4 aliphatic rings. The van der Waals surface area contributed by atoms with Gasteiger partial charge in [0.1, 0.15) is 0 Å². The van der Waals surface area contributed by atoms with Crippen LogP contribution in [0.25, 0.3) is 0 Å². The molecule has 6 atom stereocenters. The third-order valence-corrected chi connectivity index (χ3v) is 4.99. The van der Waals surface area contributed by atoms with Gasteiger partial charge < -0.3 is 20.1 Å². The van der Waals surface area contributed by atoms with Crippen molar-refractivity contribution in [2.75, 3.05) is 26.4 Å². The number of fused-ring (bicyclic) bond motifs is 4. The van der Waals surface area contributed by atoms with Crippen LogP contribution < -0.4 is 10.6 Å². The third-order valence-electron chi connectivity index (χ3n) is 4.99. The van der Waals surface area contributed by atoms with Crippen LogP contribution in [-0.2, 0) is 9.47 Å². The van der Waals surface area contributed by atoms with E-state index in [1.807, 2.05) is 0 Å². The molecule has 0 aliphatic carbocycles. The lowest BCUT2D eigenvalue weighted by molar-refractivity contribution is -0.0867. The van der Waals surface area contributed by atoms with Crippen molar-refractivity contribution < 1.29 is 9.47 Å². The van der Waals surface area contributed by atoms with E-state index in [-0.39, 0.29) is 0 Å². The Morgan fingerprint density at radius 2 is 2.06 bits per heavy atom. The summed E-state index contributed by atoms with van der Waals surface area (Å²) in [5.74, 6) is 1.39. The van der Waals surface area contributed by atoms with Gasteiger partial charge in [-0.25, -0.2) is 0 Å². The fourth-order valence-electron chi connectivity index (χ4n) is 4.13. The molecule has 4 aliphatic heterocycles. The molecule has 4 nitrogen and oxygen atoms in total. The Labute approximate surface area is 102 Å². The molecule has 4 fully saturated rings. The molecule has 0 amide bonds. The second kappa shape index (κ2) is 4.19. The van der Waals surface area contributed by atoms with E-state index in [2.05, 4.69) is 10.6 Å². The van der Waals surface area contributed by atoms with E-state index in [0.717, 1.165) is 32.3 Å². The predicted molar refractivity (Wildman–Crippen MR) is 63.9 cm³/mol. The van der Waals surface area contributed by atoms with Crippen molar-refractivity contribution in [1.29, 1.82) is 0 Å². The van der Waals surface area contributed by atoms with Crippen LogP contribution in [-0.4, -0.2) is 50.6 Å². The van der Waals surface area contributed by atoms with Crippen molar-refractivity contribution in [3.05, 3.63) is 0 Å². The Bertz CT molecular complexity index is 299. The lowest BCUT2D eigenvalue weighted by Crippen LogP contribution is -2.63. The van der Waals surface area contributed by atoms with Crippen molar-refractivity contribution in [1.82, 2.24) is 10.6 Å². The van der Waals surface area contributed by atoms with E-state index in [9.17, 15) is 0 Å². The first-order valence-corrected chi connectivity index (χ1v) is 7.09. The quantitative estimate of drug-likeness (QED) is 0.681. The van der Waals surface area contributed by atoms with E-state index >= 15 is 0 Å². The molecule has 96 valence electrons. The van der Waals surface area contributed by atoms with Gasteiger partial charge in [0.15, 0.2) is 0 Å². The van der Waals surface area contributed by atoms with Gasteiger partial charge in [-0.3, -0.25) is 0 Å². The molecule has 0 aromatic rings. The van der Waals surface area contributed by atoms with Gasteiger partial charge in [0, 0.05) is 30.6 Å². The van der Waals surface area contributed by atoms with Gasteiger partial charge in [-0.05, 0) is 25.2 Å². The van der Waals surface area contributed by atoms with Crippen LogP contribution in [0, 0.1) is 11.8 Å². The van der Waals surface area contributed by atoms with Crippen molar-refractivity contribution >= 4 is 0 Å². The van der Waals surface area contributed by atoms with E-state index < -0.39 is 0 Å². The minimum Gasteiger partial charge on any atom is -0.381 e. The highest BCUT2D eigenvalue weighted by Gasteiger charge is 2.45. The van der Waals surface area contributed by atoms with Crippen LogP contribution in [0.1, 0.15) is 19.3 Å². The smallest absolute Gasteiger partial charge is 0.0885 e. The monoisotopic (exact) mass is 238 g/mol. The summed E-state index contributed by atoms with van der Waals surface area (Å²) in [6.07, 6.45) is 4.26. The second-order valence-corrected chi connectivity index (χ2v) is 6.18. The summed E-state index contributed by atoms with van der Waals surface area (Å²) in [7, 11) is 0.